The van der Waals surface area contributed by atoms with Crippen LogP contribution < -0.4 is 4.74 Å². The minimum atomic E-state index is -0.454. The van der Waals surface area contributed by atoms with Gasteiger partial charge in [0.15, 0.2) is 0 Å². The number of hydrogen-bond acceptors (Lipinski definition) is 5. The predicted molar refractivity (Wildman–Crippen MR) is 132 cm³/mol. The molecule has 0 saturated carbocycles. The molecule has 2 aromatic carbocycles. The third-order valence-corrected chi connectivity index (χ3v) is 5.58. The van der Waals surface area contributed by atoms with Gasteiger partial charge in [0.05, 0.1) is 29.7 Å². The number of aliphatic hydroxyl groups excluding tert-OH is 1. The van der Waals surface area contributed by atoms with E-state index >= 15 is 0 Å². The van der Waals surface area contributed by atoms with Gasteiger partial charge in [0.25, 0.3) is 0 Å². The van der Waals surface area contributed by atoms with Gasteiger partial charge in [-0.3, -0.25) is 4.90 Å². The molecule has 1 heterocycles. The van der Waals surface area contributed by atoms with E-state index in [4.69, 9.17) is 26.2 Å². The Bertz CT molecular complexity index is 1010. The van der Waals surface area contributed by atoms with Crippen molar-refractivity contribution in [1.29, 1.82) is 0 Å². The molecule has 33 heavy (non-hydrogen) atoms. The fourth-order valence-electron chi connectivity index (χ4n) is 3.56. The smallest absolute Gasteiger partial charge is 0.227 e. The molecule has 0 fully saturated rings. The molecule has 176 valence electrons. The third kappa shape index (κ3) is 7.17. The Morgan fingerprint density at radius 2 is 1.91 bits per heavy atom. The van der Waals surface area contributed by atoms with Crippen molar-refractivity contribution >= 4 is 11.6 Å². The molecule has 3 aromatic rings. The molecule has 0 aliphatic heterocycles. The summed E-state index contributed by atoms with van der Waals surface area (Å²) in [7, 11) is 1.68. The zero-order valence-electron chi connectivity index (χ0n) is 19.3. The van der Waals surface area contributed by atoms with E-state index in [2.05, 4.69) is 11.5 Å². The molecule has 0 aliphatic rings. The zero-order valence-corrected chi connectivity index (χ0v) is 20.0. The summed E-state index contributed by atoms with van der Waals surface area (Å²) in [5, 5.41) is 16.0. The first-order chi connectivity index (χ1) is 16.0. The first kappa shape index (κ1) is 25.0. The fourth-order valence-corrected chi connectivity index (χ4v) is 3.69. The number of rotatable bonds is 13. The van der Waals surface area contributed by atoms with Crippen molar-refractivity contribution in [3.8, 4) is 17.3 Å². The summed E-state index contributed by atoms with van der Waals surface area (Å²) in [5.74, 6) is 1.32. The van der Waals surface area contributed by atoms with E-state index in [1.807, 2.05) is 60.1 Å². The van der Waals surface area contributed by atoms with Crippen molar-refractivity contribution in [2.24, 2.45) is 0 Å². The molecule has 1 aromatic heterocycles. The second kappa shape index (κ2) is 12.6. The van der Waals surface area contributed by atoms with Gasteiger partial charge >= 0.3 is 0 Å². The first-order valence-electron chi connectivity index (χ1n) is 11.1. The molecule has 0 unspecified atom stereocenters. The van der Waals surface area contributed by atoms with E-state index in [-0.39, 0.29) is 0 Å². The SMILES string of the molecule is C=CCC[C@@H](O)CN(CCOC)Cc1c(C)nn(-c2ccccc2)c1Oc1ccc(Cl)cc1. The average Bonchev–Trinajstić information content (AvgIpc) is 3.13. The molecule has 6 nitrogen and oxygen atoms in total. The van der Waals surface area contributed by atoms with Crippen LogP contribution in [-0.4, -0.2) is 52.7 Å². The molecular weight excluding hydrogens is 438 g/mol. The predicted octanol–water partition coefficient (Wildman–Crippen LogP) is 5.40. The van der Waals surface area contributed by atoms with Gasteiger partial charge < -0.3 is 14.6 Å². The van der Waals surface area contributed by atoms with Crippen LogP contribution in [0.1, 0.15) is 24.1 Å². The van der Waals surface area contributed by atoms with Gasteiger partial charge in [0, 0.05) is 31.8 Å². The molecule has 0 saturated heterocycles. The molecule has 0 spiro atoms. The molecule has 1 N–H and O–H groups in total. The minimum Gasteiger partial charge on any atom is -0.439 e. The summed E-state index contributed by atoms with van der Waals surface area (Å²) in [4.78, 5) is 2.17. The summed E-state index contributed by atoms with van der Waals surface area (Å²) < 4.78 is 13.5. The zero-order chi connectivity index (χ0) is 23.6. The second-order valence-corrected chi connectivity index (χ2v) is 8.36. The Morgan fingerprint density at radius 1 is 1.18 bits per heavy atom. The summed E-state index contributed by atoms with van der Waals surface area (Å²) in [6.45, 7) is 8.06. The van der Waals surface area contributed by atoms with E-state index in [1.165, 1.54) is 0 Å². The topological polar surface area (TPSA) is 59.8 Å². The standard InChI is InChI=1S/C26H32ClN3O3/c1-4-5-11-23(31)18-29(16-17-32-3)19-25-20(2)28-30(22-9-7-6-8-10-22)26(25)33-24-14-12-21(27)13-15-24/h4,6-10,12-15,23,31H,1,5,11,16-19H2,2-3H3/t23-/m1/s1. The average molecular weight is 470 g/mol. The fraction of sp³-hybridized carbons (Fsp3) is 0.346. The molecule has 7 heteroatoms. The van der Waals surface area contributed by atoms with Gasteiger partial charge in [-0.25, -0.2) is 4.68 Å². The van der Waals surface area contributed by atoms with Gasteiger partial charge in [0.1, 0.15) is 5.75 Å². The molecule has 0 aliphatic carbocycles. The summed E-state index contributed by atoms with van der Waals surface area (Å²) in [6.07, 6.45) is 2.82. The first-order valence-corrected chi connectivity index (χ1v) is 11.5. The van der Waals surface area contributed by atoms with Gasteiger partial charge in [-0.2, -0.15) is 5.10 Å². The van der Waals surface area contributed by atoms with Crippen LogP contribution in [0.4, 0.5) is 0 Å². The van der Waals surface area contributed by atoms with Crippen LogP contribution >= 0.6 is 11.6 Å². The molecular formula is C26H32ClN3O3. The molecule has 0 radical (unpaired) electrons. The largest absolute Gasteiger partial charge is 0.439 e. The van der Waals surface area contributed by atoms with Gasteiger partial charge in [-0.15, -0.1) is 6.58 Å². The number of aromatic nitrogens is 2. The second-order valence-electron chi connectivity index (χ2n) is 7.92. The molecule has 0 bridgehead atoms. The Balaban J connectivity index is 1.94. The Labute approximate surface area is 201 Å². The number of aryl methyl sites for hydroxylation is 1. The summed E-state index contributed by atoms with van der Waals surface area (Å²) in [5.41, 5.74) is 2.73. The number of halogens is 1. The maximum Gasteiger partial charge on any atom is 0.227 e. The van der Waals surface area contributed by atoms with Crippen LogP contribution in [0, 0.1) is 6.92 Å². The van der Waals surface area contributed by atoms with Crippen LogP contribution in [0.2, 0.25) is 5.02 Å². The number of hydrogen-bond donors (Lipinski definition) is 1. The number of benzene rings is 2. The van der Waals surface area contributed by atoms with Crippen LogP contribution in [-0.2, 0) is 11.3 Å². The highest BCUT2D eigenvalue weighted by Crippen LogP contribution is 2.32. The Morgan fingerprint density at radius 3 is 2.58 bits per heavy atom. The lowest BCUT2D eigenvalue weighted by atomic mass is 10.1. The van der Waals surface area contributed by atoms with Gasteiger partial charge in [-0.1, -0.05) is 35.9 Å². The van der Waals surface area contributed by atoms with E-state index in [9.17, 15) is 5.11 Å². The van der Waals surface area contributed by atoms with Gasteiger partial charge in [0.2, 0.25) is 5.88 Å². The van der Waals surface area contributed by atoms with Crippen LogP contribution in [0.15, 0.2) is 67.3 Å². The number of para-hydroxylation sites is 1. The molecule has 3 rings (SSSR count). The van der Waals surface area contributed by atoms with Crippen molar-refractivity contribution in [2.45, 2.75) is 32.4 Å². The normalized spacial score (nSPS) is 12.2. The van der Waals surface area contributed by atoms with Crippen molar-refractivity contribution in [3.05, 3.63) is 83.5 Å². The Kier molecular flexibility index (Phi) is 9.51. The highest BCUT2D eigenvalue weighted by molar-refractivity contribution is 6.30. The van der Waals surface area contributed by atoms with Crippen molar-refractivity contribution in [1.82, 2.24) is 14.7 Å². The number of nitrogens with zero attached hydrogens (tertiary/aromatic N) is 3. The van der Waals surface area contributed by atoms with E-state index in [0.717, 1.165) is 23.4 Å². The number of aliphatic hydroxyl groups is 1. The summed E-state index contributed by atoms with van der Waals surface area (Å²) in [6, 6.07) is 17.2. The Hall–Kier alpha value is -2.64. The minimum absolute atomic E-state index is 0.454. The number of allylic oxidation sites excluding steroid dienone is 1. The van der Waals surface area contributed by atoms with Crippen molar-refractivity contribution in [3.63, 3.8) is 0 Å². The van der Waals surface area contributed by atoms with Crippen LogP contribution in [0.5, 0.6) is 11.6 Å². The maximum absolute atomic E-state index is 10.5. The van der Waals surface area contributed by atoms with Crippen molar-refractivity contribution in [2.75, 3.05) is 26.8 Å². The van der Waals surface area contributed by atoms with E-state index in [1.54, 1.807) is 19.2 Å². The van der Waals surface area contributed by atoms with E-state index < -0.39 is 6.10 Å². The highest BCUT2D eigenvalue weighted by atomic mass is 35.5. The lowest BCUT2D eigenvalue weighted by Gasteiger charge is -2.25. The molecule has 0 amide bonds. The number of ether oxygens (including phenoxy) is 2. The summed E-state index contributed by atoms with van der Waals surface area (Å²) >= 11 is 6.06. The highest BCUT2D eigenvalue weighted by Gasteiger charge is 2.22. The van der Waals surface area contributed by atoms with E-state index in [0.29, 0.717) is 49.3 Å². The van der Waals surface area contributed by atoms with Crippen molar-refractivity contribution < 1.29 is 14.6 Å². The lowest BCUT2D eigenvalue weighted by Crippen LogP contribution is -2.34. The van der Waals surface area contributed by atoms with Gasteiger partial charge in [-0.05, 0) is 56.2 Å². The third-order valence-electron chi connectivity index (χ3n) is 5.33. The van der Waals surface area contributed by atoms with Crippen LogP contribution in [0.25, 0.3) is 5.69 Å². The van der Waals surface area contributed by atoms with Crippen LogP contribution in [0.3, 0.4) is 0 Å². The maximum atomic E-state index is 10.5. The lowest BCUT2D eigenvalue weighted by molar-refractivity contribution is 0.0804. The quantitative estimate of drug-likeness (QED) is 0.339. The monoisotopic (exact) mass is 469 g/mol. The molecule has 1 atom stereocenters. The number of methoxy groups -OCH3 is 1.